The van der Waals surface area contributed by atoms with Gasteiger partial charge >= 0.3 is 0 Å². The van der Waals surface area contributed by atoms with Crippen LogP contribution in [0.1, 0.15) is 11.1 Å². The van der Waals surface area contributed by atoms with Gasteiger partial charge in [-0.25, -0.2) is 0 Å². The summed E-state index contributed by atoms with van der Waals surface area (Å²) in [6.45, 7) is 1.27. The second kappa shape index (κ2) is 8.32. The van der Waals surface area contributed by atoms with Crippen molar-refractivity contribution in [1.29, 1.82) is 0 Å². The fraction of sp³-hybridized carbons (Fsp3) is 0.136. The van der Waals surface area contributed by atoms with Crippen LogP contribution >= 0.6 is 11.6 Å². The first kappa shape index (κ1) is 19.0. The van der Waals surface area contributed by atoms with E-state index in [9.17, 15) is 4.79 Å². The van der Waals surface area contributed by atoms with Gasteiger partial charge in [-0.15, -0.1) is 0 Å². The summed E-state index contributed by atoms with van der Waals surface area (Å²) in [6, 6.07) is 19.4. The first-order valence-corrected chi connectivity index (χ1v) is 9.59. The Morgan fingerprint density at radius 2 is 1.62 bits per heavy atom. The van der Waals surface area contributed by atoms with Crippen molar-refractivity contribution in [1.82, 2.24) is 19.6 Å². The molecule has 29 heavy (non-hydrogen) atoms. The maximum atomic E-state index is 12.7. The van der Waals surface area contributed by atoms with Gasteiger partial charge in [-0.3, -0.25) is 9.48 Å². The summed E-state index contributed by atoms with van der Waals surface area (Å²) < 4.78 is 3.20. The van der Waals surface area contributed by atoms with Gasteiger partial charge in [0.25, 0.3) is 5.56 Å². The molecule has 0 atom stereocenters. The quantitative estimate of drug-likeness (QED) is 0.490. The lowest BCUT2D eigenvalue weighted by Gasteiger charge is -2.19. The predicted octanol–water partition coefficient (Wildman–Crippen LogP) is 3.77. The van der Waals surface area contributed by atoms with Crippen LogP contribution in [0.2, 0.25) is 5.02 Å². The van der Waals surface area contributed by atoms with Crippen molar-refractivity contribution in [2.24, 2.45) is 0 Å². The van der Waals surface area contributed by atoms with Crippen molar-refractivity contribution >= 4 is 17.3 Å². The summed E-state index contributed by atoms with van der Waals surface area (Å²) in [5.74, 6) is 0. The molecule has 0 radical (unpaired) electrons. The van der Waals surface area contributed by atoms with Gasteiger partial charge in [0.15, 0.2) is 0 Å². The smallest absolute Gasteiger partial charge is 0.292 e. The number of rotatable bonds is 6. The van der Waals surface area contributed by atoms with Gasteiger partial charge < -0.3 is 4.90 Å². The van der Waals surface area contributed by atoms with Crippen LogP contribution in [-0.4, -0.2) is 26.6 Å². The first-order chi connectivity index (χ1) is 14.1. The van der Waals surface area contributed by atoms with Crippen molar-refractivity contribution in [3.8, 4) is 5.69 Å². The molecular formula is C22H20ClN5O. The molecule has 0 bridgehead atoms. The van der Waals surface area contributed by atoms with Crippen molar-refractivity contribution in [3.05, 3.63) is 106 Å². The lowest BCUT2D eigenvalue weighted by atomic mass is 10.2. The Kier molecular flexibility index (Phi) is 5.44. The van der Waals surface area contributed by atoms with E-state index in [0.29, 0.717) is 24.5 Å². The second-order valence-corrected chi connectivity index (χ2v) is 7.16. The first-order valence-electron chi connectivity index (χ1n) is 9.21. The Morgan fingerprint density at radius 3 is 2.34 bits per heavy atom. The summed E-state index contributed by atoms with van der Waals surface area (Å²) in [4.78, 5) is 14.6. The zero-order chi connectivity index (χ0) is 20.2. The predicted molar refractivity (Wildman–Crippen MR) is 115 cm³/mol. The average molecular weight is 406 g/mol. The van der Waals surface area contributed by atoms with Crippen LogP contribution in [0.3, 0.4) is 0 Å². The lowest BCUT2D eigenvalue weighted by molar-refractivity contribution is 0.686. The maximum Gasteiger partial charge on any atom is 0.292 e. The van der Waals surface area contributed by atoms with E-state index in [4.69, 9.17) is 11.6 Å². The molecule has 0 unspecified atom stereocenters. The van der Waals surface area contributed by atoms with Crippen molar-refractivity contribution in [2.45, 2.75) is 13.1 Å². The third kappa shape index (κ3) is 4.22. The Morgan fingerprint density at radius 1 is 0.931 bits per heavy atom. The molecule has 0 aliphatic heterocycles. The monoisotopic (exact) mass is 405 g/mol. The van der Waals surface area contributed by atoms with Crippen LogP contribution in [0.5, 0.6) is 0 Å². The van der Waals surface area contributed by atoms with Crippen molar-refractivity contribution < 1.29 is 0 Å². The zero-order valence-electron chi connectivity index (χ0n) is 15.9. The number of benzene rings is 2. The summed E-state index contributed by atoms with van der Waals surface area (Å²) in [5.41, 5.74) is 3.12. The summed E-state index contributed by atoms with van der Waals surface area (Å²) >= 11 is 6.39. The third-order valence-electron chi connectivity index (χ3n) is 4.61. The van der Waals surface area contributed by atoms with E-state index in [-0.39, 0.29) is 10.6 Å². The Balaban J connectivity index is 1.51. The van der Waals surface area contributed by atoms with E-state index in [2.05, 4.69) is 22.3 Å². The maximum absolute atomic E-state index is 12.7. The van der Waals surface area contributed by atoms with Crippen LogP contribution in [0, 0.1) is 0 Å². The molecule has 0 aliphatic carbocycles. The van der Waals surface area contributed by atoms with E-state index in [1.54, 1.807) is 6.20 Å². The largest absolute Gasteiger partial charge is 0.367 e. The standard InChI is InChI=1S/C22H20ClN5O/c1-26(14-18-12-24-27(16-18)15-17-8-4-2-5-9-17)20-13-25-28(22(29)21(20)23)19-10-6-3-7-11-19/h2-13,16H,14-15H2,1H3. The second-order valence-electron chi connectivity index (χ2n) is 6.78. The molecule has 0 saturated heterocycles. The Hall–Kier alpha value is -3.38. The molecule has 7 heteroatoms. The third-order valence-corrected chi connectivity index (χ3v) is 4.96. The molecule has 4 rings (SSSR count). The lowest BCUT2D eigenvalue weighted by Crippen LogP contribution is -2.26. The van der Waals surface area contributed by atoms with Gasteiger partial charge in [-0.2, -0.15) is 14.9 Å². The highest BCUT2D eigenvalue weighted by molar-refractivity contribution is 6.33. The number of para-hydroxylation sites is 1. The van der Waals surface area contributed by atoms with Crippen LogP contribution in [-0.2, 0) is 13.1 Å². The zero-order valence-corrected chi connectivity index (χ0v) is 16.7. The molecule has 2 aromatic heterocycles. The molecular weight excluding hydrogens is 386 g/mol. The van der Waals surface area contributed by atoms with Crippen LogP contribution in [0.25, 0.3) is 5.69 Å². The minimum absolute atomic E-state index is 0.142. The number of anilines is 1. The van der Waals surface area contributed by atoms with E-state index < -0.39 is 0 Å². The molecule has 2 aromatic carbocycles. The molecule has 6 nitrogen and oxygen atoms in total. The molecule has 0 fully saturated rings. The highest BCUT2D eigenvalue weighted by atomic mass is 35.5. The van der Waals surface area contributed by atoms with Gasteiger partial charge in [0, 0.05) is 25.4 Å². The molecule has 4 aromatic rings. The highest BCUT2D eigenvalue weighted by Crippen LogP contribution is 2.22. The van der Waals surface area contributed by atoms with Gasteiger partial charge in [0.2, 0.25) is 0 Å². The number of halogens is 1. The van der Waals surface area contributed by atoms with Crippen LogP contribution in [0.15, 0.2) is 84.0 Å². The van der Waals surface area contributed by atoms with Gasteiger partial charge in [0.05, 0.1) is 30.3 Å². The number of aromatic nitrogens is 4. The SMILES string of the molecule is CN(Cc1cnn(Cc2ccccc2)c1)c1cnn(-c2ccccc2)c(=O)c1Cl. The molecule has 146 valence electrons. The number of hydrogen-bond acceptors (Lipinski definition) is 4. The minimum atomic E-state index is -0.345. The topological polar surface area (TPSA) is 56.0 Å². The van der Waals surface area contributed by atoms with Gasteiger partial charge in [0.1, 0.15) is 5.02 Å². The summed E-state index contributed by atoms with van der Waals surface area (Å²) in [7, 11) is 1.88. The Labute approximate surface area is 173 Å². The molecule has 0 amide bonds. The van der Waals surface area contributed by atoms with E-state index in [1.807, 2.05) is 77.6 Å². The Bertz CT molecular complexity index is 1150. The van der Waals surface area contributed by atoms with Crippen LogP contribution in [0.4, 0.5) is 5.69 Å². The molecule has 0 spiro atoms. The number of hydrogen-bond donors (Lipinski definition) is 0. The summed E-state index contributed by atoms with van der Waals surface area (Å²) in [5, 5.41) is 8.86. The molecule has 0 saturated carbocycles. The molecule has 0 N–H and O–H groups in total. The van der Waals surface area contributed by atoms with E-state index in [0.717, 1.165) is 5.56 Å². The van der Waals surface area contributed by atoms with Crippen molar-refractivity contribution in [3.63, 3.8) is 0 Å². The van der Waals surface area contributed by atoms with Crippen LogP contribution < -0.4 is 10.5 Å². The van der Waals surface area contributed by atoms with E-state index in [1.165, 1.54) is 10.2 Å². The fourth-order valence-corrected chi connectivity index (χ4v) is 3.42. The fourth-order valence-electron chi connectivity index (χ4n) is 3.15. The minimum Gasteiger partial charge on any atom is -0.367 e. The van der Waals surface area contributed by atoms with Gasteiger partial charge in [-0.1, -0.05) is 60.1 Å². The average Bonchev–Trinajstić information content (AvgIpc) is 3.18. The normalized spacial score (nSPS) is 10.8. The van der Waals surface area contributed by atoms with Gasteiger partial charge in [-0.05, 0) is 17.7 Å². The number of nitrogens with zero attached hydrogens (tertiary/aromatic N) is 5. The molecule has 0 aliphatic rings. The van der Waals surface area contributed by atoms with E-state index >= 15 is 0 Å². The highest BCUT2D eigenvalue weighted by Gasteiger charge is 2.14. The summed E-state index contributed by atoms with van der Waals surface area (Å²) in [6.07, 6.45) is 5.44. The molecule has 2 heterocycles. The van der Waals surface area contributed by atoms with Crippen molar-refractivity contribution in [2.75, 3.05) is 11.9 Å².